The molecule has 6 heteroatoms. The van der Waals surface area contributed by atoms with Crippen molar-refractivity contribution >= 4 is 21.4 Å². The van der Waals surface area contributed by atoms with E-state index in [1.165, 1.54) is 23.5 Å². The molecule has 0 spiro atoms. The molecule has 2 N–H and O–H groups in total. The van der Waals surface area contributed by atoms with Gasteiger partial charge in [-0.05, 0) is 53.6 Å². The minimum absolute atomic E-state index is 0.194. The molecule has 1 aromatic carbocycles. The summed E-state index contributed by atoms with van der Waals surface area (Å²) in [6.45, 7) is 1.58. The van der Waals surface area contributed by atoms with Crippen LogP contribution in [0.4, 0.5) is 0 Å². The standard InChI is InChI=1S/C15H15NO3S2/c1-12(14-8-10-20-11-14)16-21(18,19)15-6-4-13(5-7-15)3-2-9-17/h4-8,10-12,16-17H,9H2,1H3. The summed E-state index contributed by atoms with van der Waals surface area (Å²) < 4.78 is 27.2. The quantitative estimate of drug-likeness (QED) is 0.848. The second kappa shape index (κ2) is 6.87. The summed E-state index contributed by atoms with van der Waals surface area (Å²) in [5.41, 5.74) is 1.60. The van der Waals surface area contributed by atoms with E-state index in [0.29, 0.717) is 5.56 Å². The highest BCUT2D eigenvalue weighted by Crippen LogP contribution is 2.19. The third kappa shape index (κ3) is 4.16. The lowest BCUT2D eigenvalue weighted by Gasteiger charge is -2.13. The van der Waals surface area contributed by atoms with Crippen LogP contribution in [0.2, 0.25) is 0 Å². The van der Waals surface area contributed by atoms with Gasteiger partial charge in [0.1, 0.15) is 6.61 Å². The van der Waals surface area contributed by atoms with Crippen LogP contribution in [0.5, 0.6) is 0 Å². The highest BCUT2D eigenvalue weighted by Gasteiger charge is 2.18. The van der Waals surface area contributed by atoms with Crippen LogP contribution in [0.25, 0.3) is 0 Å². The van der Waals surface area contributed by atoms with E-state index in [-0.39, 0.29) is 17.5 Å². The van der Waals surface area contributed by atoms with E-state index in [4.69, 9.17) is 5.11 Å². The van der Waals surface area contributed by atoms with Crippen LogP contribution in [0.3, 0.4) is 0 Å². The molecular weight excluding hydrogens is 306 g/mol. The predicted octanol–water partition coefficient (Wildman–Crippen LogP) is 2.13. The molecular formula is C15H15NO3S2. The summed E-state index contributed by atoms with van der Waals surface area (Å²) in [5.74, 6) is 5.24. The van der Waals surface area contributed by atoms with Crippen molar-refractivity contribution in [2.45, 2.75) is 17.9 Å². The average Bonchev–Trinajstić information content (AvgIpc) is 2.99. The van der Waals surface area contributed by atoms with Crippen molar-refractivity contribution < 1.29 is 13.5 Å². The fourth-order valence-corrected chi connectivity index (χ4v) is 3.74. The molecule has 1 heterocycles. The normalized spacial score (nSPS) is 12.5. The number of hydrogen-bond acceptors (Lipinski definition) is 4. The lowest BCUT2D eigenvalue weighted by Crippen LogP contribution is -2.26. The Balaban J connectivity index is 2.16. The molecule has 110 valence electrons. The number of thiophene rings is 1. The maximum atomic E-state index is 12.3. The maximum absolute atomic E-state index is 12.3. The Hall–Kier alpha value is -1.65. The highest BCUT2D eigenvalue weighted by atomic mass is 32.2. The van der Waals surface area contributed by atoms with Crippen LogP contribution in [-0.2, 0) is 10.0 Å². The summed E-state index contributed by atoms with van der Waals surface area (Å²) in [6, 6.07) is 7.86. The number of hydrogen-bond donors (Lipinski definition) is 2. The highest BCUT2D eigenvalue weighted by molar-refractivity contribution is 7.89. The van der Waals surface area contributed by atoms with Crippen molar-refractivity contribution in [3.05, 3.63) is 52.2 Å². The Morgan fingerprint density at radius 2 is 2.00 bits per heavy atom. The lowest BCUT2D eigenvalue weighted by atomic mass is 10.2. The predicted molar refractivity (Wildman–Crippen MR) is 83.5 cm³/mol. The number of aliphatic hydroxyl groups excluding tert-OH is 1. The van der Waals surface area contributed by atoms with Gasteiger partial charge in [0, 0.05) is 11.6 Å². The topological polar surface area (TPSA) is 66.4 Å². The van der Waals surface area contributed by atoms with Crippen LogP contribution in [0.15, 0.2) is 46.0 Å². The van der Waals surface area contributed by atoms with Crippen LogP contribution in [0, 0.1) is 11.8 Å². The largest absolute Gasteiger partial charge is 0.384 e. The number of sulfonamides is 1. The second-order valence-corrected chi connectivity index (χ2v) is 6.88. The van der Waals surface area contributed by atoms with Crippen molar-refractivity contribution in [1.29, 1.82) is 0 Å². The molecule has 0 aliphatic carbocycles. The Labute approximate surface area is 128 Å². The van der Waals surface area contributed by atoms with E-state index in [9.17, 15) is 8.42 Å². The summed E-state index contributed by atoms with van der Waals surface area (Å²) in [6.07, 6.45) is 0. The molecule has 21 heavy (non-hydrogen) atoms. The van der Waals surface area contributed by atoms with Gasteiger partial charge in [-0.2, -0.15) is 11.3 Å². The summed E-state index contributed by atoms with van der Waals surface area (Å²) in [4.78, 5) is 0.194. The fourth-order valence-electron chi connectivity index (χ4n) is 1.75. The minimum atomic E-state index is -3.57. The zero-order valence-electron chi connectivity index (χ0n) is 11.4. The molecule has 1 aromatic heterocycles. The molecule has 0 aliphatic rings. The lowest BCUT2D eigenvalue weighted by molar-refractivity contribution is 0.350. The van der Waals surface area contributed by atoms with Crippen LogP contribution >= 0.6 is 11.3 Å². The van der Waals surface area contributed by atoms with E-state index in [0.717, 1.165) is 5.56 Å². The van der Waals surface area contributed by atoms with Crippen LogP contribution < -0.4 is 4.72 Å². The van der Waals surface area contributed by atoms with Gasteiger partial charge in [0.25, 0.3) is 0 Å². The molecule has 1 unspecified atom stereocenters. The zero-order valence-corrected chi connectivity index (χ0v) is 13.0. The van der Waals surface area contributed by atoms with E-state index in [1.807, 2.05) is 16.8 Å². The van der Waals surface area contributed by atoms with E-state index in [2.05, 4.69) is 16.6 Å². The number of benzene rings is 1. The molecule has 0 saturated carbocycles. The second-order valence-electron chi connectivity index (χ2n) is 4.38. The van der Waals surface area contributed by atoms with Crippen molar-refractivity contribution in [1.82, 2.24) is 4.72 Å². The monoisotopic (exact) mass is 321 g/mol. The molecule has 0 bridgehead atoms. The van der Waals surface area contributed by atoms with Gasteiger partial charge >= 0.3 is 0 Å². The fraction of sp³-hybridized carbons (Fsp3) is 0.200. The molecule has 2 rings (SSSR count). The maximum Gasteiger partial charge on any atom is 0.241 e. The summed E-state index contributed by atoms with van der Waals surface area (Å²) >= 11 is 1.53. The first-order valence-electron chi connectivity index (χ1n) is 6.27. The van der Waals surface area contributed by atoms with E-state index >= 15 is 0 Å². The Kier molecular flexibility index (Phi) is 5.15. The van der Waals surface area contributed by atoms with Gasteiger partial charge in [-0.15, -0.1) is 0 Å². The SMILES string of the molecule is CC(NS(=O)(=O)c1ccc(C#CCO)cc1)c1ccsc1. The first-order chi connectivity index (χ1) is 10.0. The molecule has 4 nitrogen and oxygen atoms in total. The third-order valence-corrected chi connectivity index (χ3v) is 5.11. The third-order valence-electron chi connectivity index (χ3n) is 2.85. The van der Waals surface area contributed by atoms with Gasteiger partial charge in [-0.25, -0.2) is 13.1 Å². The zero-order chi connectivity index (χ0) is 15.3. The first-order valence-corrected chi connectivity index (χ1v) is 8.70. The molecule has 0 saturated heterocycles. The Bertz CT molecular complexity index is 738. The number of rotatable bonds is 4. The van der Waals surface area contributed by atoms with Crippen molar-refractivity contribution in [3.63, 3.8) is 0 Å². The number of aliphatic hydroxyl groups is 1. The van der Waals surface area contributed by atoms with Gasteiger partial charge in [-0.3, -0.25) is 0 Å². The van der Waals surface area contributed by atoms with Gasteiger partial charge < -0.3 is 5.11 Å². The molecule has 0 aliphatic heterocycles. The van der Waals surface area contributed by atoms with Gasteiger partial charge in [0.15, 0.2) is 0 Å². The van der Waals surface area contributed by atoms with Gasteiger partial charge in [-0.1, -0.05) is 11.8 Å². The first kappa shape index (κ1) is 15.7. The summed E-state index contributed by atoms with van der Waals surface area (Å²) in [5, 5.41) is 12.5. The van der Waals surface area contributed by atoms with Crippen molar-refractivity contribution in [3.8, 4) is 11.8 Å². The van der Waals surface area contributed by atoms with Crippen molar-refractivity contribution in [2.24, 2.45) is 0 Å². The molecule has 0 fully saturated rings. The van der Waals surface area contributed by atoms with Gasteiger partial charge in [0.05, 0.1) is 4.90 Å². The molecule has 0 amide bonds. The molecule has 2 aromatic rings. The van der Waals surface area contributed by atoms with E-state index in [1.54, 1.807) is 19.1 Å². The Morgan fingerprint density at radius 1 is 1.29 bits per heavy atom. The smallest absolute Gasteiger partial charge is 0.241 e. The van der Waals surface area contributed by atoms with Gasteiger partial charge in [0.2, 0.25) is 10.0 Å². The molecule has 0 radical (unpaired) electrons. The minimum Gasteiger partial charge on any atom is -0.384 e. The van der Waals surface area contributed by atoms with Crippen LogP contribution in [-0.4, -0.2) is 20.1 Å². The Morgan fingerprint density at radius 3 is 2.57 bits per heavy atom. The van der Waals surface area contributed by atoms with E-state index < -0.39 is 10.0 Å². The number of nitrogens with one attached hydrogen (secondary N) is 1. The van der Waals surface area contributed by atoms with Crippen molar-refractivity contribution in [2.75, 3.05) is 6.61 Å². The van der Waals surface area contributed by atoms with Crippen LogP contribution in [0.1, 0.15) is 24.1 Å². The average molecular weight is 321 g/mol. The summed E-state index contributed by atoms with van der Waals surface area (Å²) in [7, 11) is -3.57. The molecule has 1 atom stereocenters.